The van der Waals surface area contributed by atoms with E-state index in [9.17, 15) is 4.79 Å². The lowest BCUT2D eigenvalue weighted by molar-refractivity contribution is 0.0706. The molecule has 5 heteroatoms. The lowest BCUT2D eigenvalue weighted by Gasteiger charge is -2.37. The van der Waals surface area contributed by atoms with Gasteiger partial charge in [-0.15, -0.1) is 0 Å². The van der Waals surface area contributed by atoms with E-state index in [4.69, 9.17) is 4.74 Å². The van der Waals surface area contributed by atoms with E-state index in [-0.39, 0.29) is 11.5 Å². The Balaban J connectivity index is 2.33. The molecule has 0 saturated carbocycles. The molecule has 1 rings (SSSR count). The normalized spacial score (nSPS) is 18.2. The zero-order valence-electron chi connectivity index (χ0n) is 11.0. The number of carbonyl (C=O) groups is 1. The van der Waals surface area contributed by atoms with Gasteiger partial charge in [0.05, 0.1) is 6.61 Å². The second kappa shape index (κ2) is 6.59. The maximum absolute atomic E-state index is 11.5. The van der Waals surface area contributed by atoms with Crippen molar-refractivity contribution >= 4 is 22.0 Å². The lowest BCUT2D eigenvalue weighted by Crippen LogP contribution is -2.51. The van der Waals surface area contributed by atoms with Crippen LogP contribution in [0.15, 0.2) is 0 Å². The number of amides is 1. The number of rotatable bonds is 4. The minimum absolute atomic E-state index is 0.174. The fourth-order valence-corrected chi connectivity index (χ4v) is 2.13. The molecule has 0 spiro atoms. The molecular weight excluding hydrogens is 284 g/mol. The molecular formula is C12H23BrN2O2. The maximum Gasteiger partial charge on any atom is 0.409 e. The van der Waals surface area contributed by atoms with Crippen molar-refractivity contribution in [2.45, 2.75) is 20.8 Å². The molecule has 0 atom stereocenters. The first-order valence-corrected chi connectivity index (χ1v) is 7.30. The van der Waals surface area contributed by atoms with E-state index in [1.807, 2.05) is 6.92 Å². The van der Waals surface area contributed by atoms with E-state index in [0.29, 0.717) is 6.61 Å². The predicted molar refractivity (Wildman–Crippen MR) is 72.6 cm³/mol. The molecule has 0 bridgehead atoms. The Labute approximate surface area is 112 Å². The molecule has 0 aromatic carbocycles. The molecule has 0 aromatic heterocycles. The minimum Gasteiger partial charge on any atom is -0.450 e. The smallest absolute Gasteiger partial charge is 0.409 e. The largest absolute Gasteiger partial charge is 0.450 e. The summed E-state index contributed by atoms with van der Waals surface area (Å²) >= 11 is 3.54. The van der Waals surface area contributed by atoms with E-state index < -0.39 is 0 Å². The van der Waals surface area contributed by atoms with Crippen molar-refractivity contribution in [1.29, 1.82) is 0 Å². The Kier molecular flexibility index (Phi) is 5.73. The van der Waals surface area contributed by atoms with Crippen molar-refractivity contribution in [3.8, 4) is 0 Å². The summed E-state index contributed by atoms with van der Waals surface area (Å²) in [5, 5.41) is 0.998. The van der Waals surface area contributed by atoms with Crippen LogP contribution in [0.1, 0.15) is 20.8 Å². The quantitative estimate of drug-likeness (QED) is 0.746. The number of carbonyl (C=O) groups excluding carboxylic acids is 1. The molecule has 100 valence electrons. The van der Waals surface area contributed by atoms with E-state index in [1.165, 1.54) is 0 Å². The van der Waals surface area contributed by atoms with E-state index in [2.05, 4.69) is 34.7 Å². The van der Waals surface area contributed by atoms with Crippen molar-refractivity contribution < 1.29 is 9.53 Å². The number of ether oxygens (including phenoxy) is 1. The van der Waals surface area contributed by atoms with E-state index >= 15 is 0 Å². The third-order valence-corrected chi connectivity index (χ3v) is 4.43. The van der Waals surface area contributed by atoms with Crippen LogP contribution in [0.25, 0.3) is 0 Å². The number of alkyl halides is 1. The highest BCUT2D eigenvalue weighted by Crippen LogP contribution is 2.20. The van der Waals surface area contributed by atoms with E-state index in [0.717, 1.165) is 38.1 Å². The number of piperazine rings is 1. The standard InChI is InChI=1S/C12H23BrN2O2/c1-4-17-11(16)15-7-5-14(6-8-15)10-12(2,3)9-13/h4-10H2,1-3H3. The van der Waals surface area contributed by atoms with Crippen molar-refractivity contribution in [3.05, 3.63) is 0 Å². The summed E-state index contributed by atoms with van der Waals surface area (Å²) in [6, 6.07) is 0. The molecule has 0 aliphatic carbocycles. The van der Waals surface area contributed by atoms with Gasteiger partial charge in [-0.1, -0.05) is 29.8 Å². The summed E-state index contributed by atoms with van der Waals surface area (Å²) in [6.07, 6.45) is -0.174. The molecule has 1 fully saturated rings. The minimum atomic E-state index is -0.174. The highest BCUT2D eigenvalue weighted by Gasteiger charge is 2.26. The Morgan fingerprint density at radius 2 is 1.88 bits per heavy atom. The van der Waals surface area contributed by atoms with Gasteiger partial charge in [-0.3, -0.25) is 4.90 Å². The van der Waals surface area contributed by atoms with Gasteiger partial charge in [0.1, 0.15) is 0 Å². The fraction of sp³-hybridized carbons (Fsp3) is 0.917. The fourth-order valence-electron chi connectivity index (χ4n) is 1.95. The van der Waals surface area contributed by atoms with Crippen molar-refractivity contribution in [3.63, 3.8) is 0 Å². The van der Waals surface area contributed by atoms with Gasteiger partial charge >= 0.3 is 6.09 Å². The predicted octanol–water partition coefficient (Wildman–Crippen LogP) is 2.18. The zero-order valence-corrected chi connectivity index (χ0v) is 12.6. The molecule has 0 radical (unpaired) electrons. The van der Waals surface area contributed by atoms with Gasteiger partial charge in [-0.05, 0) is 12.3 Å². The van der Waals surface area contributed by atoms with E-state index in [1.54, 1.807) is 4.90 Å². The van der Waals surface area contributed by atoms with Crippen molar-refractivity contribution in [2.24, 2.45) is 5.41 Å². The summed E-state index contributed by atoms with van der Waals surface area (Å²) in [5.74, 6) is 0. The summed E-state index contributed by atoms with van der Waals surface area (Å²) < 4.78 is 5.00. The van der Waals surface area contributed by atoms with Gasteiger partial charge in [-0.2, -0.15) is 0 Å². The van der Waals surface area contributed by atoms with Crippen molar-refractivity contribution in [1.82, 2.24) is 9.80 Å². The van der Waals surface area contributed by atoms with Gasteiger partial charge in [-0.25, -0.2) is 4.79 Å². The van der Waals surface area contributed by atoms with Crippen molar-refractivity contribution in [2.75, 3.05) is 44.7 Å². The van der Waals surface area contributed by atoms with Crippen LogP contribution in [0.2, 0.25) is 0 Å². The van der Waals surface area contributed by atoms with Gasteiger partial charge < -0.3 is 9.64 Å². The molecule has 0 aromatic rings. The Morgan fingerprint density at radius 1 is 1.29 bits per heavy atom. The highest BCUT2D eigenvalue weighted by atomic mass is 79.9. The lowest BCUT2D eigenvalue weighted by atomic mass is 9.95. The summed E-state index contributed by atoms with van der Waals surface area (Å²) in [6.45, 7) is 11.3. The average molecular weight is 307 g/mol. The first-order chi connectivity index (χ1) is 7.98. The average Bonchev–Trinajstić information content (AvgIpc) is 2.30. The molecule has 1 saturated heterocycles. The number of nitrogens with zero attached hydrogens (tertiary/aromatic N) is 2. The Morgan fingerprint density at radius 3 is 2.35 bits per heavy atom. The summed E-state index contributed by atoms with van der Waals surface area (Å²) in [4.78, 5) is 15.7. The molecule has 1 heterocycles. The van der Waals surface area contributed by atoms with Gasteiger partial charge in [0.2, 0.25) is 0 Å². The summed E-state index contributed by atoms with van der Waals surface area (Å²) in [5.41, 5.74) is 0.284. The third kappa shape index (κ3) is 4.84. The molecule has 0 N–H and O–H groups in total. The molecule has 1 aliphatic heterocycles. The molecule has 4 nitrogen and oxygen atoms in total. The highest BCUT2D eigenvalue weighted by molar-refractivity contribution is 9.09. The number of hydrogen-bond donors (Lipinski definition) is 0. The first kappa shape index (κ1) is 14.8. The van der Waals surface area contributed by atoms with Crippen LogP contribution in [0.5, 0.6) is 0 Å². The molecule has 17 heavy (non-hydrogen) atoms. The summed E-state index contributed by atoms with van der Waals surface area (Å²) in [7, 11) is 0. The second-order valence-corrected chi connectivity index (χ2v) is 5.82. The first-order valence-electron chi connectivity index (χ1n) is 6.18. The molecule has 1 amide bonds. The SMILES string of the molecule is CCOC(=O)N1CCN(CC(C)(C)CBr)CC1. The van der Waals surface area contributed by atoms with Crippen LogP contribution >= 0.6 is 15.9 Å². The topological polar surface area (TPSA) is 32.8 Å². The number of halogens is 1. The monoisotopic (exact) mass is 306 g/mol. The van der Waals surface area contributed by atoms with Crippen LogP contribution in [0, 0.1) is 5.41 Å². The van der Waals surface area contributed by atoms with Crippen LogP contribution in [-0.4, -0.2) is 60.6 Å². The van der Waals surface area contributed by atoms with Crippen LogP contribution in [0.3, 0.4) is 0 Å². The number of hydrogen-bond acceptors (Lipinski definition) is 3. The third-order valence-electron chi connectivity index (χ3n) is 2.91. The van der Waals surface area contributed by atoms with Gasteiger partial charge in [0.25, 0.3) is 0 Å². The molecule has 1 aliphatic rings. The van der Waals surface area contributed by atoms with Crippen LogP contribution < -0.4 is 0 Å². The van der Waals surface area contributed by atoms with Crippen LogP contribution in [-0.2, 0) is 4.74 Å². The maximum atomic E-state index is 11.5. The van der Waals surface area contributed by atoms with Gasteiger partial charge in [0.15, 0.2) is 0 Å². The Bertz CT molecular complexity index is 251. The van der Waals surface area contributed by atoms with Gasteiger partial charge in [0, 0.05) is 38.1 Å². The second-order valence-electron chi connectivity index (χ2n) is 5.26. The molecule has 0 unspecified atom stereocenters. The Hall–Kier alpha value is -0.290. The zero-order chi connectivity index (χ0) is 12.9. The van der Waals surface area contributed by atoms with Crippen LogP contribution in [0.4, 0.5) is 4.79 Å².